The number of rotatable bonds is 6. The molecule has 7 nitrogen and oxygen atoms in total. The summed E-state index contributed by atoms with van der Waals surface area (Å²) in [6, 6.07) is 3.99. The third kappa shape index (κ3) is 3.25. The van der Waals surface area contributed by atoms with Gasteiger partial charge in [0.25, 0.3) is 5.91 Å². The summed E-state index contributed by atoms with van der Waals surface area (Å²) in [6.45, 7) is 3.54. The molecule has 0 radical (unpaired) electrons. The minimum absolute atomic E-state index is 0.304. The van der Waals surface area contributed by atoms with Crippen LogP contribution in [0.5, 0.6) is 0 Å². The molecular weight excluding hydrogens is 272 g/mol. The van der Waals surface area contributed by atoms with Crippen LogP contribution in [0.1, 0.15) is 23.2 Å². The summed E-state index contributed by atoms with van der Waals surface area (Å²) < 4.78 is 1.60. The molecule has 1 aromatic heterocycles. The first-order valence-corrected chi connectivity index (χ1v) is 6.47. The first-order valence-electron chi connectivity index (χ1n) is 6.47. The molecule has 0 aliphatic heterocycles. The highest BCUT2D eigenvalue weighted by Gasteiger charge is 2.20. The van der Waals surface area contributed by atoms with Crippen LogP contribution in [-0.4, -0.2) is 38.0 Å². The van der Waals surface area contributed by atoms with Crippen molar-refractivity contribution in [1.82, 2.24) is 20.3 Å². The van der Waals surface area contributed by atoms with E-state index in [1.54, 1.807) is 36.0 Å². The molecule has 0 aliphatic rings. The Balaban J connectivity index is 2.16. The molecule has 0 spiro atoms. The van der Waals surface area contributed by atoms with Crippen molar-refractivity contribution in [3.05, 3.63) is 36.4 Å². The number of carbonyl (C=O) groups is 2. The highest BCUT2D eigenvalue weighted by Crippen LogP contribution is 2.13. The van der Waals surface area contributed by atoms with Gasteiger partial charge in [-0.25, -0.2) is 9.48 Å². The molecule has 0 saturated carbocycles. The maximum atomic E-state index is 12.1. The average Bonchev–Trinajstić information content (AvgIpc) is 2.84. The van der Waals surface area contributed by atoms with Crippen molar-refractivity contribution in [2.75, 3.05) is 0 Å². The van der Waals surface area contributed by atoms with Crippen LogP contribution in [0.15, 0.2) is 30.9 Å². The van der Waals surface area contributed by atoms with Gasteiger partial charge in [0, 0.05) is 12.6 Å². The van der Waals surface area contributed by atoms with E-state index in [0.717, 1.165) is 5.52 Å². The molecule has 0 aliphatic carbocycles. The lowest BCUT2D eigenvalue weighted by atomic mass is 10.1. The maximum Gasteiger partial charge on any atom is 0.326 e. The predicted octanol–water partition coefficient (Wildman–Crippen LogP) is 1.12. The van der Waals surface area contributed by atoms with E-state index in [4.69, 9.17) is 5.11 Å². The van der Waals surface area contributed by atoms with Crippen molar-refractivity contribution < 1.29 is 14.7 Å². The van der Waals surface area contributed by atoms with Crippen LogP contribution in [-0.2, 0) is 11.8 Å². The van der Waals surface area contributed by atoms with Crippen LogP contribution >= 0.6 is 0 Å². The second-order valence-electron chi connectivity index (χ2n) is 4.65. The average molecular weight is 288 g/mol. The van der Waals surface area contributed by atoms with Gasteiger partial charge in [-0.2, -0.15) is 0 Å². The normalized spacial score (nSPS) is 12.0. The minimum Gasteiger partial charge on any atom is -0.480 e. The lowest BCUT2D eigenvalue weighted by Gasteiger charge is -2.13. The highest BCUT2D eigenvalue weighted by atomic mass is 16.4. The van der Waals surface area contributed by atoms with Gasteiger partial charge in [0.05, 0.1) is 5.52 Å². The van der Waals surface area contributed by atoms with Gasteiger partial charge >= 0.3 is 5.97 Å². The lowest BCUT2D eigenvalue weighted by Crippen LogP contribution is -2.40. The van der Waals surface area contributed by atoms with Crippen molar-refractivity contribution in [3.8, 4) is 0 Å². The molecule has 2 aromatic rings. The molecule has 110 valence electrons. The molecule has 1 unspecified atom stereocenters. The predicted molar refractivity (Wildman–Crippen MR) is 76.8 cm³/mol. The minimum atomic E-state index is -1.06. The number of carboxylic acids is 1. The van der Waals surface area contributed by atoms with Crippen molar-refractivity contribution in [2.45, 2.75) is 18.9 Å². The van der Waals surface area contributed by atoms with Crippen molar-refractivity contribution in [1.29, 1.82) is 0 Å². The number of aliphatic carboxylic acids is 1. The Hall–Kier alpha value is -2.70. The topological polar surface area (TPSA) is 97.1 Å². The second kappa shape index (κ2) is 6.17. The Morgan fingerprint density at radius 2 is 2.29 bits per heavy atom. The Morgan fingerprint density at radius 1 is 1.52 bits per heavy atom. The molecule has 1 heterocycles. The summed E-state index contributed by atoms with van der Waals surface area (Å²) in [4.78, 5) is 23.2. The van der Waals surface area contributed by atoms with E-state index in [1.807, 2.05) is 0 Å². The van der Waals surface area contributed by atoms with Gasteiger partial charge in [-0.05, 0) is 31.0 Å². The number of carboxylic acid groups (broad SMARTS) is 1. The van der Waals surface area contributed by atoms with Crippen LogP contribution in [0.3, 0.4) is 0 Å². The van der Waals surface area contributed by atoms with Gasteiger partial charge in [-0.15, -0.1) is 11.7 Å². The fourth-order valence-electron chi connectivity index (χ4n) is 1.97. The largest absolute Gasteiger partial charge is 0.480 e. The summed E-state index contributed by atoms with van der Waals surface area (Å²) in [5.41, 5.74) is 1.74. The SMILES string of the molecule is C=CCCC(NC(=O)c1ccc2c(c1)nnn2C)C(=O)O. The number of hydrogen-bond acceptors (Lipinski definition) is 4. The number of amides is 1. The van der Waals surface area contributed by atoms with E-state index in [2.05, 4.69) is 22.2 Å². The molecule has 0 saturated heterocycles. The molecule has 0 fully saturated rings. The Kier molecular flexibility index (Phi) is 4.32. The molecule has 1 atom stereocenters. The lowest BCUT2D eigenvalue weighted by molar-refractivity contribution is -0.139. The van der Waals surface area contributed by atoms with E-state index in [0.29, 0.717) is 23.9 Å². The van der Waals surface area contributed by atoms with E-state index >= 15 is 0 Å². The van der Waals surface area contributed by atoms with Crippen molar-refractivity contribution >= 4 is 22.9 Å². The monoisotopic (exact) mass is 288 g/mol. The first-order chi connectivity index (χ1) is 10.0. The van der Waals surface area contributed by atoms with Crippen molar-refractivity contribution in [2.24, 2.45) is 7.05 Å². The number of nitrogens with one attached hydrogen (secondary N) is 1. The summed E-state index contributed by atoms with van der Waals surface area (Å²) in [5.74, 6) is -1.51. The van der Waals surface area contributed by atoms with E-state index < -0.39 is 17.9 Å². The van der Waals surface area contributed by atoms with E-state index in [-0.39, 0.29) is 0 Å². The standard InChI is InChI=1S/C14H16N4O3/c1-3-4-5-10(14(20)21)15-13(19)9-6-7-12-11(8-9)16-17-18(12)2/h3,6-8,10H,1,4-5H2,2H3,(H,15,19)(H,20,21). The number of hydrogen-bond donors (Lipinski definition) is 2. The van der Waals surface area contributed by atoms with Crippen molar-refractivity contribution in [3.63, 3.8) is 0 Å². The van der Waals surface area contributed by atoms with Crippen LogP contribution in [0.2, 0.25) is 0 Å². The first kappa shape index (κ1) is 14.7. The summed E-state index contributed by atoms with van der Waals surface area (Å²) >= 11 is 0. The summed E-state index contributed by atoms with van der Waals surface area (Å²) in [7, 11) is 1.75. The van der Waals surface area contributed by atoms with E-state index in [9.17, 15) is 9.59 Å². The number of nitrogens with zero attached hydrogens (tertiary/aromatic N) is 3. The smallest absolute Gasteiger partial charge is 0.326 e. The van der Waals surface area contributed by atoms with Gasteiger partial charge in [-0.1, -0.05) is 11.3 Å². The Morgan fingerprint density at radius 3 is 2.95 bits per heavy atom. The maximum absolute atomic E-state index is 12.1. The third-order valence-corrected chi connectivity index (χ3v) is 3.14. The molecule has 0 bridgehead atoms. The molecule has 7 heteroatoms. The molecule has 2 N–H and O–H groups in total. The third-order valence-electron chi connectivity index (χ3n) is 3.14. The van der Waals surface area contributed by atoms with Crippen LogP contribution in [0.4, 0.5) is 0 Å². The van der Waals surface area contributed by atoms with Gasteiger partial charge < -0.3 is 10.4 Å². The van der Waals surface area contributed by atoms with Gasteiger partial charge in [-0.3, -0.25) is 4.79 Å². The quantitative estimate of drug-likeness (QED) is 0.776. The number of allylic oxidation sites excluding steroid dienone is 1. The fourth-order valence-corrected chi connectivity index (χ4v) is 1.97. The zero-order valence-electron chi connectivity index (χ0n) is 11.6. The van der Waals surface area contributed by atoms with Gasteiger partial charge in [0.15, 0.2) is 0 Å². The zero-order valence-corrected chi connectivity index (χ0v) is 11.6. The molecular formula is C14H16N4O3. The highest BCUT2D eigenvalue weighted by molar-refractivity contribution is 5.99. The summed E-state index contributed by atoms with van der Waals surface area (Å²) in [5, 5.41) is 19.4. The molecule has 1 aromatic carbocycles. The Labute approximate surface area is 121 Å². The van der Waals surface area contributed by atoms with Gasteiger partial charge in [0.2, 0.25) is 0 Å². The number of aromatic nitrogens is 3. The molecule has 2 rings (SSSR count). The van der Waals surface area contributed by atoms with E-state index in [1.165, 1.54) is 0 Å². The van der Waals surface area contributed by atoms with Crippen LogP contribution in [0, 0.1) is 0 Å². The number of fused-ring (bicyclic) bond motifs is 1. The molecule has 21 heavy (non-hydrogen) atoms. The Bertz CT molecular complexity index is 693. The molecule has 1 amide bonds. The number of carbonyl (C=O) groups excluding carboxylic acids is 1. The van der Waals surface area contributed by atoms with Gasteiger partial charge in [0.1, 0.15) is 11.6 Å². The second-order valence-corrected chi connectivity index (χ2v) is 4.65. The van der Waals surface area contributed by atoms with Crippen LogP contribution < -0.4 is 5.32 Å². The zero-order chi connectivity index (χ0) is 15.4. The number of aryl methyl sites for hydroxylation is 1. The fraction of sp³-hybridized carbons (Fsp3) is 0.286. The summed E-state index contributed by atoms with van der Waals surface area (Å²) in [6.07, 6.45) is 2.44. The van der Waals surface area contributed by atoms with Crippen LogP contribution in [0.25, 0.3) is 11.0 Å². The number of benzene rings is 1.